The molecule has 1 unspecified atom stereocenters. The van der Waals surface area contributed by atoms with Gasteiger partial charge in [0, 0.05) is 23.9 Å². The van der Waals surface area contributed by atoms with E-state index in [4.69, 9.17) is 4.43 Å². The van der Waals surface area contributed by atoms with Gasteiger partial charge >= 0.3 is 0 Å². The van der Waals surface area contributed by atoms with Gasteiger partial charge in [0.2, 0.25) is 8.32 Å². The molecule has 0 bridgehead atoms. The van der Waals surface area contributed by atoms with Crippen LogP contribution < -0.4 is 5.19 Å². The predicted molar refractivity (Wildman–Crippen MR) is 131 cm³/mol. The Morgan fingerprint density at radius 3 is 2.45 bits per heavy atom. The quantitative estimate of drug-likeness (QED) is 0.397. The third-order valence-corrected chi connectivity index (χ3v) is 11.8. The van der Waals surface area contributed by atoms with Crippen LogP contribution in [0.5, 0.6) is 0 Å². The molecule has 0 fully saturated rings. The van der Waals surface area contributed by atoms with Crippen molar-refractivity contribution in [3.8, 4) is 11.8 Å². The van der Waals surface area contributed by atoms with Crippen molar-refractivity contribution < 1.29 is 4.43 Å². The first-order valence-electron chi connectivity index (χ1n) is 11.2. The smallest absolute Gasteiger partial charge is 0.231 e. The van der Waals surface area contributed by atoms with E-state index in [9.17, 15) is 0 Å². The molecule has 1 aliphatic heterocycles. The number of benzene rings is 2. The van der Waals surface area contributed by atoms with E-state index in [1.165, 1.54) is 17.2 Å². The van der Waals surface area contributed by atoms with E-state index in [-0.39, 0.29) is 11.1 Å². The molecule has 0 amide bonds. The fourth-order valence-corrected chi connectivity index (χ4v) is 9.45. The average Bonchev–Trinajstić information content (AvgIpc) is 2.78. The van der Waals surface area contributed by atoms with Gasteiger partial charge in [-0.15, -0.1) is 0 Å². The highest BCUT2D eigenvalue weighted by Crippen LogP contribution is 2.43. The molecule has 4 rings (SSSR count). The van der Waals surface area contributed by atoms with Crippen molar-refractivity contribution in [2.24, 2.45) is 0 Å². The summed E-state index contributed by atoms with van der Waals surface area (Å²) in [6.45, 7) is 7.05. The third kappa shape index (κ3) is 4.82. The molecule has 0 saturated carbocycles. The lowest BCUT2D eigenvalue weighted by Crippen LogP contribution is -2.62. The first kappa shape index (κ1) is 21.6. The molecule has 2 atom stereocenters. The molecule has 158 valence electrons. The molecule has 2 aromatic carbocycles. The van der Waals surface area contributed by atoms with Crippen LogP contribution in [0, 0.1) is 11.8 Å². The molecule has 1 aliphatic rings. The summed E-state index contributed by atoms with van der Waals surface area (Å²) in [6, 6.07) is 26.3. The summed E-state index contributed by atoms with van der Waals surface area (Å²) in [5.74, 6) is 6.85. The third-order valence-electron chi connectivity index (χ3n) is 6.25. The van der Waals surface area contributed by atoms with Crippen LogP contribution in [-0.2, 0) is 17.3 Å². The zero-order chi connectivity index (χ0) is 21.7. The van der Waals surface area contributed by atoms with Crippen molar-refractivity contribution in [2.45, 2.75) is 57.2 Å². The summed E-state index contributed by atoms with van der Waals surface area (Å²) in [7, 11) is -2.29. The molecule has 0 N–H and O–H groups in total. The van der Waals surface area contributed by atoms with E-state index in [2.05, 4.69) is 80.1 Å². The standard InChI is InChI=1S/C28H31NOSi/c1-28(2,3)31(21-11-15-24-14-7-8-17-27(24)31)30-26(22-25-16-9-10-20-29-25)19-18-23-12-5-4-6-13-23/h4-10,12-14,16-17,20,26H,11,15,21-22H2,1-3H3/t26-,31?/m1/s1. The maximum Gasteiger partial charge on any atom is 0.231 e. The number of hydrogen-bond acceptors (Lipinski definition) is 2. The summed E-state index contributed by atoms with van der Waals surface area (Å²) in [6.07, 6.45) is 4.69. The molecule has 2 heterocycles. The van der Waals surface area contributed by atoms with E-state index >= 15 is 0 Å². The molecular formula is C28H31NOSi. The Morgan fingerprint density at radius 2 is 1.71 bits per heavy atom. The number of aromatic nitrogens is 1. The summed E-state index contributed by atoms with van der Waals surface area (Å²) in [5, 5.41) is 1.53. The Morgan fingerprint density at radius 1 is 0.968 bits per heavy atom. The van der Waals surface area contributed by atoms with E-state index in [0.717, 1.165) is 23.7 Å². The van der Waals surface area contributed by atoms with Gasteiger partial charge in [0.1, 0.15) is 6.10 Å². The predicted octanol–water partition coefficient (Wildman–Crippen LogP) is 5.66. The van der Waals surface area contributed by atoms with Gasteiger partial charge in [-0.3, -0.25) is 4.98 Å². The molecule has 0 aliphatic carbocycles. The summed E-state index contributed by atoms with van der Waals surface area (Å²) < 4.78 is 7.22. The molecule has 2 nitrogen and oxygen atoms in total. The molecule has 3 aromatic rings. The lowest BCUT2D eigenvalue weighted by Gasteiger charge is -2.47. The minimum Gasteiger partial charge on any atom is -0.398 e. The minimum absolute atomic E-state index is 0.0698. The van der Waals surface area contributed by atoms with Crippen LogP contribution in [0.3, 0.4) is 0 Å². The van der Waals surface area contributed by atoms with Gasteiger partial charge < -0.3 is 4.43 Å². The average molecular weight is 426 g/mol. The van der Waals surface area contributed by atoms with Gasteiger partial charge in [0.05, 0.1) is 0 Å². The zero-order valence-electron chi connectivity index (χ0n) is 18.8. The van der Waals surface area contributed by atoms with Gasteiger partial charge in [-0.05, 0) is 58.9 Å². The highest BCUT2D eigenvalue weighted by atomic mass is 28.4. The maximum absolute atomic E-state index is 7.22. The highest BCUT2D eigenvalue weighted by Gasteiger charge is 2.51. The fraction of sp³-hybridized carbons (Fsp3) is 0.321. The Balaban J connectivity index is 1.74. The lowest BCUT2D eigenvalue weighted by atomic mass is 10.1. The zero-order valence-corrected chi connectivity index (χ0v) is 19.8. The second-order valence-electron chi connectivity index (χ2n) is 9.35. The normalized spacial score (nSPS) is 19.1. The van der Waals surface area contributed by atoms with Crippen molar-refractivity contribution in [3.05, 3.63) is 95.8 Å². The van der Waals surface area contributed by atoms with Crippen molar-refractivity contribution in [2.75, 3.05) is 0 Å². The monoisotopic (exact) mass is 425 g/mol. The Kier molecular flexibility index (Phi) is 6.41. The Hall–Kier alpha value is -2.67. The topological polar surface area (TPSA) is 22.1 Å². The molecule has 0 spiro atoms. The fourth-order valence-electron chi connectivity index (χ4n) is 4.63. The van der Waals surface area contributed by atoms with Crippen LogP contribution in [0.1, 0.15) is 44.0 Å². The van der Waals surface area contributed by atoms with Gasteiger partial charge in [-0.1, -0.05) is 81.1 Å². The van der Waals surface area contributed by atoms with E-state index in [1.54, 1.807) is 0 Å². The van der Waals surface area contributed by atoms with Gasteiger partial charge in [-0.25, -0.2) is 0 Å². The molecule has 0 radical (unpaired) electrons. The van der Waals surface area contributed by atoms with E-state index < -0.39 is 8.32 Å². The molecule has 3 heteroatoms. The summed E-state index contributed by atoms with van der Waals surface area (Å²) in [5.41, 5.74) is 3.51. The number of rotatable bonds is 4. The number of pyridine rings is 1. The minimum atomic E-state index is -2.29. The molecule has 31 heavy (non-hydrogen) atoms. The van der Waals surface area contributed by atoms with Crippen LogP contribution in [0.2, 0.25) is 11.1 Å². The number of nitrogens with zero attached hydrogens (tertiary/aromatic N) is 1. The van der Waals surface area contributed by atoms with Gasteiger partial charge in [0.15, 0.2) is 0 Å². The van der Waals surface area contributed by atoms with E-state index in [0.29, 0.717) is 6.42 Å². The van der Waals surface area contributed by atoms with Crippen LogP contribution in [-0.4, -0.2) is 19.4 Å². The first-order valence-corrected chi connectivity index (χ1v) is 13.3. The van der Waals surface area contributed by atoms with Gasteiger partial charge in [0.25, 0.3) is 0 Å². The van der Waals surface area contributed by atoms with Crippen LogP contribution >= 0.6 is 0 Å². The second-order valence-corrected chi connectivity index (χ2v) is 13.8. The van der Waals surface area contributed by atoms with Crippen molar-refractivity contribution in [1.29, 1.82) is 0 Å². The number of fused-ring (bicyclic) bond motifs is 1. The van der Waals surface area contributed by atoms with Gasteiger partial charge in [-0.2, -0.15) is 0 Å². The Labute approximate surface area is 187 Å². The summed E-state index contributed by atoms with van der Waals surface area (Å²) >= 11 is 0. The second kappa shape index (κ2) is 9.22. The van der Waals surface area contributed by atoms with E-state index in [1.807, 2.05) is 36.5 Å². The maximum atomic E-state index is 7.22. The first-order chi connectivity index (χ1) is 15.0. The molecule has 0 saturated heterocycles. The largest absolute Gasteiger partial charge is 0.398 e. The lowest BCUT2D eigenvalue weighted by molar-refractivity contribution is 0.230. The number of hydrogen-bond donors (Lipinski definition) is 0. The van der Waals surface area contributed by atoms with Crippen molar-refractivity contribution in [3.63, 3.8) is 0 Å². The van der Waals surface area contributed by atoms with Crippen LogP contribution in [0.4, 0.5) is 0 Å². The van der Waals surface area contributed by atoms with Crippen molar-refractivity contribution in [1.82, 2.24) is 4.98 Å². The highest BCUT2D eigenvalue weighted by molar-refractivity contribution is 6.89. The molecular weight excluding hydrogens is 394 g/mol. The van der Waals surface area contributed by atoms with Crippen molar-refractivity contribution >= 4 is 13.5 Å². The SMILES string of the molecule is CC(C)(C)[Si]1(O[C@H](C#Cc2ccccc2)Cc2ccccn2)CCCc2ccccc21. The molecule has 1 aromatic heterocycles. The van der Waals surface area contributed by atoms with Crippen LogP contribution in [0.25, 0.3) is 0 Å². The van der Waals surface area contributed by atoms with Crippen LogP contribution in [0.15, 0.2) is 79.0 Å². The Bertz CT molecular complexity index is 1060. The summed E-state index contributed by atoms with van der Waals surface area (Å²) in [4.78, 5) is 4.56. The number of aryl methyl sites for hydroxylation is 1.